The third-order valence-corrected chi connectivity index (χ3v) is 5.57. The number of aryl methyl sites for hydroxylation is 1. The number of aromatic nitrogens is 2. The van der Waals surface area contributed by atoms with Crippen LogP contribution >= 0.6 is 0 Å². The number of anilines is 1. The molecular formula is C20H23FN4O2. The van der Waals surface area contributed by atoms with E-state index in [1.807, 2.05) is 24.2 Å². The topological polar surface area (TPSA) is 58.4 Å². The number of carbonyl (C=O) groups excluding carboxylic acids is 2. The monoisotopic (exact) mass is 370 g/mol. The first-order chi connectivity index (χ1) is 13.0. The van der Waals surface area contributed by atoms with Crippen molar-refractivity contribution in [3.8, 4) is 0 Å². The van der Waals surface area contributed by atoms with Gasteiger partial charge in [0.15, 0.2) is 0 Å². The van der Waals surface area contributed by atoms with Crippen molar-refractivity contribution in [3.05, 3.63) is 48.0 Å². The Kier molecular flexibility index (Phi) is 4.68. The normalized spacial score (nSPS) is 21.1. The Hall–Kier alpha value is -2.70. The molecule has 0 bridgehead atoms. The van der Waals surface area contributed by atoms with E-state index in [-0.39, 0.29) is 30.0 Å². The van der Waals surface area contributed by atoms with Crippen LogP contribution in [0, 0.1) is 11.7 Å². The van der Waals surface area contributed by atoms with E-state index in [0.29, 0.717) is 31.2 Å². The van der Waals surface area contributed by atoms with E-state index < -0.39 is 0 Å². The Bertz CT molecular complexity index is 840. The number of piperidine rings is 1. The average molecular weight is 370 g/mol. The average Bonchev–Trinajstić information content (AvgIpc) is 3.28. The second-order valence-electron chi connectivity index (χ2n) is 7.40. The fourth-order valence-corrected chi connectivity index (χ4v) is 4.05. The van der Waals surface area contributed by atoms with E-state index in [9.17, 15) is 14.0 Å². The number of hydrogen-bond donors (Lipinski definition) is 0. The maximum absolute atomic E-state index is 13.1. The van der Waals surface area contributed by atoms with Gasteiger partial charge in [0, 0.05) is 50.9 Å². The van der Waals surface area contributed by atoms with Gasteiger partial charge < -0.3 is 9.80 Å². The van der Waals surface area contributed by atoms with Gasteiger partial charge in [0.2, 0.25) is 11.8 Å². The van der Waals surface area contributed by atoms with Crippen molar-refractivity contribution in [3.63, 3.8) is 0 Å². The van der Waals surface area contributed by atoms with E-state index in [1.54, 1.807) is 21.7 Å². The highest BCUT2D eigenvalue weighted by molar-refractivity contribution is 6.00. The van der Waals surface area contributed by atoms with Crippen LogP contribution in [0.25, 0.3) is 0 Å². The Morgan fingerprint density at radius 1 is 1.15 bits per heavy atom. The van der Waals surface area contributed by atoms with Crippen LogP contribution in [0.1, 0.15) is 30.9 Å². The molecule has 1 atom stereocenters. The van der Waals surface area contributed by atoms with Gasteiger partial charge >= 0.3 is 0 Å². The van der Waals surface area contributed by atoms with E-state index in [4.69, 9.17) is 0 Å². The van der Waals surface area contributed by atoms with Crippen molar-refractivity contribution in [1.29, 1.82) is 0 Å². The highest BCUT2D eigenvalue weighted by Crippen LogP contribution is 2.30. The third kappa shape index (κ3) is 3.59. The molecule has 27 heavy (non-hydrogen) atoms. The standard InChI is InChI=1S/C20H23FN4O2/c1-23-9-8-18(22-23)14-6-10-24(11-7-14)20(27)15-12-19(26)25(13-15)17-4-2-16(21)3-5-17/h2-5,8-9,14-15H,6-7,10-13H2,1H3/t15-/m1/s1. The second-order valence-corrected chi connectivity index (χ2v) is 7.40. The van der Waals surface area contributed by atoms with Gasteiger partial charge in [-0.2, -0.15) is 5.10 Å². The Morgan fingerprint density at radius 3 is 2.48 bits per heavy atom. The molecule has 2 aliphatic heterocycles. The number of carbonyl (C=O) groups is 2. The first kappa shape index (κ1) is 17.7. The van der Waals surface area contributed by atoms with Gasteiger partial charge in [-0.25, -0.2) is 4.39 Å². The summed E-state index contributed by atoms with van der Waals surface area (Å²) in [5.74, 6) is -0.310. The zero-order valence-electron chi connectivity index (χ0n) is 15.3. The molecule has 0 radical (unpaired) electrons. The van der Waals surface area contributed by atoms with E-state index in [0.717, 1.165) is 18.5 Å². The number of halogens is 1. The molecule has 0 N–H and O–H groups in total. The molecule has 2 saturated heterocycles. The number of rotatable bonds is 3. The molecule has 2 aromatic rings. The van der Waals surface area contributed by atoms with Crippen molar-refractivity contribution in [2.45, 2.75) is 25.2 Å². The zero-order chi connectivity index (χ0) is 19.0. The summed E-state index contributed by atoms with van der Waals surface area (Å²) in [4.78, 5) is 28.7. The molecule has 2 fully saturated rings. The fraction of sp³-hybridized carbons (Fsp3) is 0.450. The molecule has 6 nitrogen and oxygen atoms in total. The summed E-state index contributed by atoms with van der Waals surface area (Å²) < 4.78 is 14.9. The van der Waals surface area contributed by atoms with Gasteiger partial charge in [0.25, 0.3) is 0 Å². The summed E-state index contributed by atoms with van der Waals surface area (Å²) >= 11 is 0. The van der Waals surface area contributed by atoms with Gasteiger partial charge in [-0.15, -0.1) is 0 Å². The molecule has 2 amide bonds. The molecule has 142 valence electrons. The Labute approximate surface area is 157 Å². The van der Waals surface area contributed by atoms with Crippen molar-refractivity contribution in [2.75, 3.05) is 24.5 Å². The SMILES string of the molecule is Cn1ccc(C2CCN(C(=O)[C@@H]3CC(=O)N(c4ccc(F)cc4)C3)CC2)n1. The van der Waals surface area contributed by atoms with Gasteiger partial charge in [0.1, 0.15) is 5.82 Å². The van der Waals surface area contributed by atoms with Crippen molar-refractivity contribution < 1.29 is 14.0 Å². The van der Waals surface area contributed by atoms with Crippen LogP contribution in [0.15, 0.2) is 36.5 Å². The second kappa shape index (κ2) is 7.13. The summed E-state index contributed by atoms with van der Waals surface area (Å²) in [5.41, 5.74) is 1.73. The smallest absolute Gasteiger partial charge is 0.228 e. The van der Waals surface area contributed by atoms with Gasteiger partial charge in [-0.05, 0) is 43.2 Å². The quantitative estimate of drug-likeness (QED) is 0.833. The lowest BCUT2D eigenvalue weighted by Crippen LogP contribution is -2.42. The summed E-state index contributed by atoms with van der Waals surface area (Å²) in [6.45, 7) is 1.76. The summed E-state index contributed by atoms with van der Waals surface area (Å²) in [5, 5.41) is 4.48. The zero-order valence-corrected chi connectivity index (χ0v) is 15.3. The lowest BCUT2D eigenvalue weighted by molar-refractivity contribution is -0.136. The first-order valence-electron chi connectivity index (χ1n) is 9.35. The first-order valence-corrected chi connectivity index (χ1v) is 9.35. The minimum absolute atomic E-state index is 0.0485. The van der Waals surface area contributed by atoms with Crippen molar-refractivity contribution in [2.24, 2.45) is 13.0 Å². The molecule has 1 aromatic carbocycles. The Balaban J connectivity index is 1.36. The van der Waals surface area contributed by atoms with E-state index >= 15 is 0 Å². The van der Waals surface area contributed by atoms with Crippen LogP contribution < -0.4 is 4.90 Å². The van der Waals surface area contributed by atoms with Crippen molar-refractivity contribution in [1.82, 2.24) is 14.7 Å². The Morgan fingerprint density at radius 2 is 1.85 bits per heavy atom. The lowest BCUT2D eigenvalue weighted by atomic mass is 9.93. The molecule has 0 spiro atoms. The van der Waals surface area contributed by atoms with E-state index in [2.05, 4.69) is 5.10 Å². The van der Waals surface area contributed by atoms with Crippen molar-refractivity contribution >= 4 is 17.5 Å². The number of likely N-dealkylation sites (tertiary alicyclic amines) is 1. The van der Waals surface area contributed by atoms with Gasteiger partial charge in [-0.1, -0.05) is 0 Å². The molecule has 2 aliphatic rings. The van der Waals surface area contributed by atoms with Crippen LogP contribution in [0.5, 0.6) is 0 Å². The lowest BCUT2D eigenvalue weighted by Gasteiger charge is -2.32. The van der Waals surface area contributed by atoms with Crippen LogP contribution in [0.4, 0.5) is 10.1 Å². The highest BCUT2D eigenvalue weighted by Gasteiger charge is 2.38. The molecule has 3 heterocycles. The van der Waals surface area contributed by atoms with Crippen LogP contribution in [-0.4, -0.2) is 46.1 Å². The predicted octanol–water partition coefficient (Wildman–Crippen LogP) is 2.32. The van der Waals surface area contributed by atoms with Gasteiger partial charge in [-0.3, -0.25) is 14.3 Å². The number of benzene rings is 1. The number of hydrogen-bond acceptors (Lipinski definition) is 3. The number of nitrogens with zero attached hydrogens (tertiary/aromatic N) is 4. The molecule has 4 rings (SSSR count). The minimum atomic E-state index is -0.339. The molecule has 0 unspecified atom stereocenters. The molecule has 0 saturated carbocycles. The molecule has 7 heteroatoms. The maximum atomic E-state index is 13.1. The number of amides is 2. The largest absolute Gasteiger partial charge is 0.342 e. The van der Waals surface area contributed by atoms with Crippen LogP contribution in [0.2, 0.25) is 0 Å². The molecule has 1 aromatic heterocycles. The summed E-state index contributed by atoms with van der Waals surface area (Å²) in [6.07, 6.45) is 3.95. The molecule has 0 aliphatic carbocycles. The minimum Gasteiger partial charge on any atom is -0.342 e. The van der Waals surface area contributed by atoms with Crippen LogP contribution in [0.3, 0.4) is 0 Å². The fourth-order valence-electron chi connectivity index (χ4n) is 4.05. The molecular weight excluding hydrogens is 347 g/mol. The van der Waals surface area contributed by atoms with E-state index in [1.165, 1.54) is 12.1 Å². The summed E-state index contributed by atoms with van der Waals surface area (Å²) in [6, 6.07) is 7.87. The maximum Gasteiger partial charge on any atom is 0.228 e. The van der Waals surface area contributed by atoms with Crippen LogP contribution in [-0.2, 0) is 16.6 Å². The predicted molar refractivity (Wildman–Crippen MR) is 98.6 cm³/mol. The van der Waals surface area contributed by atoms with Gasteiger partial charge in [0.05, 0.1) is 11.6 Å². The third-order valence-electron chi connectivity index (χ3n) is 5.57. The summed E-state index contributed by atoms with van der Waals surface area (Å²) in [7, 11) is 1.91. The highest BCUT2D eigenvalue weighted by atomic mass is 19.1.